The summed E-state index contributed by atoms with van der Waals surface area (Å²) in [5, 5.41) is 7.01. The van der Waals surface area contributed by atoms with Crippen molar-refractivity contribution >= 4 is 65.6 Å². The smallest absolute Gasteiger partial charge is 0.161 e. The molecular weight excluding hydrogens is 576 g/mol. The predicted octanol–water partition coefficient (Wildman–Crippen LogP) is 11.5. The summed E-state index contributed by atoms with van der Waals surface area (Å²) in [4.78, 5) is 0. The third-order valence-electron chi connectivity index (χ3n) is 9.97. The molecular formula is C43H26N2O2. The zero-order valence-corrected chi connectivity index (χ0v) is 25.3. The number of fused-ring (bicyclic) bond motifs is 11. The minimum absolute atomic E-state index is 0.804. The average molecular weight is 603 g/mol. The van der Waals surface area contributed by atoms with Crippen LogP contribution in [0.15, 0.2) is 150 Å². The molecule has 0 unspecified atom stereocenters. The van der Waals surface area contributed by atoms with Crippen LogP contribution in [-0.4, -0.2) is 9.13 Å². The van der Waals surface area contributed by atoms with Gasteiger partial charge in [-0.2, -0.15) is 0 Å². The van der Waals surface area contributed by atoms with Gasteiger partial charge >= 0.3 is 0 Å². The lowest BCUT2D eigenvalue weighted by molar-refractivity contribution is 0.460. The van der Waals surface area contributed by atoms with Crippen molar-refractivity contribution in [2.24, 2.45) is 0 Å². The Morgan fingerprint density at radius 2 is 0.936 bits per heavy atom. The molecule has 7 aromatic carbocycles. The fourth-order valence-electron chi connectivity index (χ4n) is 7.95. The molecule has 1 aliphatic heterocycles. The first-order valence-electron chi connectivity index (χ1n) is 16.1. The molecule has 3 aromatic heterocycles. The van der Waals surface area contributed by atoms with Crippen LogP contribution in [-0.2, 0) is 6.42 Å². The molecule has 4 heterocycles. The first kappa shape index (κ1) is 25.0. The quantitative estimate of drug-likeness (QED) is 0.197. The summed E-state index contributed by atoms with van der Waals surface area (Å²) in [5.41, 5.74) is 10.8. The summed E-state index contributed by atoms with van der Waals surface area (Å²) in [6.45, 7) is 0. The van der Waals surface area contributed by atoms with Crippen LogP contribution in [0.1, 0.15) is 11.1 Å². The number of hydrogen-bond acceptors (Lipinski definition) is 2. The van der Waals surface area contributed by atoms with Gasteiger partial charge in [0.05, 0.1) is 38.8 Å². The minimum atomic E-state index is 0.804. The van der Waals surface area contributed by atoms with Gasteiger partial charge in [0.15, 0.2) is 5.58 Å². The second-order valence-corrected chi connectivity index (χ2v) is 12.5. The van der Waals surface area contributed by atoms with Crippen molar-refractivity contribution in [1.29, 1.82) is 0 Å². The number of aromatic nitrogens is 2. The van der Waals surface area contributed by atoms with E-state index in [2.05, 4.69) is 149 Å². The lowest BCUT2D eigenvalue weighted by Gasteiger charge is -2.20. The van der Waals surface area contributed by atoms with E-state index in [0.717, 1.165) is 78.9 Å². The van der Waals surface area contributed by atoms with Crippen LogP contribution in [0.25, 0.3) is 76.9 Å². The standard InChI is InChI=1S/C43H26N2O2/c1-10-20-39-26(11-1)23-27-24-41-32(25-40(27)46-39)42-37(44-33-16-6-2-12-28(33)29-13-3-7-17-34(29)44)21-22-38(43(42)47-41)45-35-18-8-4-14-30(35)31-15-5-9-19-36(31)45/h1-22,24-25H,23H2. The maximum atomic E-state index is 7.03. The van der Waals surface area contributed by atoms with Gasteiger partial charge in [-0.15, -0.1) is 0 Å². The molecule has 0 aliphatic carbocycles. The zero-order chi connectivity index (χ0) is 30.6. The molecule has 0 amide bonds. The highest BCUT2D eigenvalue weighted by Crippen LogP contribution is 2.46. The number of nitrogens with zero attached hydrogens (tertiary/aromatic N) is 2. The Bertz CT molecular complexity index is 2810. The third kappa shape index (κ3) is 3.36. The van der Waals surface area contributed by atoms with Crippen molar-refractivity contribution in [1.82, 2.24) is 9.13 Å². The van der Waals surface area contributed by atoms with Gasteiger partial charge in [-0.25, -0.2) is 0 Å². The maximum absolute atomic E-state index is 7.03. The summed E-state index contributed by atoms with van der Waals surface area (Å²) in [6.07, 6.45) is 0.804. The van der Waals surface area contributed by atoms with E-state index >= 15 is 0 Å². The Kier molecular flexibility index (Phi) is 4.86. The molecule has 220 valence electrons. The fraction of sp³-hybridized carbons (Fsp3) is 0.0233. The van der Waals surface area contributed by atoms with E-state index in [4.69, 9.17) is 9.15 Å². The van der Waals surface area contributed by atoms with Crippen LogP contribution in [0.4, 0.5) is 0 Å². The average Bonchev–Trinajstić information content (AvgIpc) is 3.77. The lowest BCUT2D eigenvalue weighted by Crippen LogP contribution is -2.02. The molecule has 0 saturated heterocycles. The second-order valence-electron chi connectivity index (χ2n) is 12.5. The molecule has 0 radical (unpaired) electrons. The first-order valence-corrected chi connectivity index (χ1v) is 16.1. The van der Waals surface area contributed by atoms with Gasteiger partial charge < -0.3 is 18.3 Å². The zero-order valence-electron chi connectivity index (χ0n) is 25.3. The van der Waals surface area contributed by atoms with Gasteiger partial charge in [0.2, 0.25) is 0 Å². The highest BCUT2D eigenvalue weighted by atomic mass is 16.5. The number of hydrogen-bond donors (Lipinski definition) is 0. The number of rotatable bonds is 2. The van der Waals surface area contributed by atoms with E-state index in [9.17, 15) is 0 Å². The van der Waals surface area contributed by atoms with Gasteiger partial charge in [0.1, 0.15) is 17.1 Å². The molecule has 4 nitrogen and oxygen atoms in total. The molecule has 0 spiro atoms. The summed E-state index contributed by atoms with van der Waals surface area (Å²) in [6, 6.07) is 51.8. The van der Waals surface area contributed by atoms with E-state index in [1.165, 1.54) is 27.1 Å². The molecule has 11 rings (SSSR count). The van der Waals surface area contributed by atoms with Crippen LogP contribution >= 0.6 is 0 Å². The lowest BCUT2D eigenvalue weighted by atomic mass is 9.98. The predicted molar refractivity (Wildman–Crippen MR) is 192 cm³/mol. The molecule has 0 atom stereocenters. The van der Waals surface area contributed by atoms with Gasteiger partial charge in [0, 0.05) is 38.9 Å². The van der Waals surface area contributed by atoms with Gasteiger partial charge in [-0.1, -0.05) is 91.0 Å². The Morgan fingerprint density at radius 3 is 1.55 bits per heavy atom. The van der Waals surface area contributed by atoms with Crippen LogP contribution in [0.2, 0.25) is 0 Å². The molecule has 0 N–H and O–H groups in total. The largest absolute Gasteiger partial charge is 0.457 e. The van der Waals surface area contributed by atoms with E-state index in [0.29, 0.717) is 0 Å². The molecule has 0 bridgehead atoms. The SMILES string of the molecule is c1ccc2c(c1)Cc1cc3oc4c(-n5c6ccccc6c6ccccc65)ccc(-n5c6ccccc6c6ccccc65)c4c3cc1O2. The summed E-state index contributed by atoms with van der Waals surface area (Å²) < 4.78 is 18.3. The summed E-state index contributed by atoms with van der Waals surface area (Å²) >= 11 is 0. The monoisotopic (exact) mass is 602 g/mol. The molecule has 1 aliphatic rings. The van der Waals surface area contributed by atoms with Crippen molar-refractivity contribution in [3.8, 4) is 22.9 Å². The van der Waals surface area contributed by atoms with Gasteiger partial charge in [-0.05, 0) is 60.2 Å². The number of benzene rings is 7. The normalized spacial score (nSPS) is 12.8. The van der Waals surface area contributed by atoms with E-state index in [1.54, 1.807) is 0 Å². The summed E-state index contributed by atoms with van der Waals surface area (Å²) in [5.74, 6) is 1.80. The van der Waals surface area contributed by atoms with E-state index in [-0.39, 0.29) is 0 Å². The molecule has 4 heteroatoms. The van der Waals surface area contributed by atoms with Crippen molar-refractivity contribution in [2.45, 2.75) is 6.42 Å². The summed E-state index contributed by atoms with van der Waals surface area (Å²) in [7, 11) is 0. The van der Waals surface area contributed by atoms with Crippen LogP contribution in [0, 0.1) is 0 Å². The second kappa shape index (κ2) is 9.15. The molecule has 47 heavy (non-hydrogen) atoms. The van der Waals surface area contributed by atoms with Gasteiger partial charge in [-0.3, -0.25) is 0 Å². The van der Waals surface area contributed by atoms with Crippen LogP contribution in [0.3, 0.4) is 0 Å². The molecule has 10 aromatic rings. The van der Waals surface area contributed by atoms with Crippen molar-refractivity contribution in [2.75, 3.05) is 0 Å². The maximum Gasteiger partial charge on any atom is 0.161 e. The van der Waals surface area contributed by atoms with Gasteiger partial charge in [0.25, 0.3) is 0 Å². The van der Waals surface area contributed by atoms with Crippen molar-refractivity contribution < 1.29 is 9.15 Å². The Hall–Kier alpha value is -6.26. The Labute approximate surface area is 269 Å². The van der Waals surface area contributed by atoms with Crippen LogP contribution < -0.4 is 4.74 Å². The third-order valence-corrected chi connectivity index (χ3v) is 9.97. The van der Waals surface area contributed by atoms with E-state index < -0.39 is 0 Å². The topological polar surface area (TPSA) is 32.2 Å². The highest BCUT2D eigenvalue weighted by molar-refractivity contribution is 6.17. The fourth-order valence-corrected chi connectivity index (χ4v) is 7.95. The number of para-hydroxylation sites is 5. The van der Waals surface area contributed by atoms with Crippen molar-refractivity contribution in [3.63, 3.8) is 0 Å². The molecule has 0 fully saturated rings. The van der Waals surface area contributed by atoms with Crippen LogP contribution in [0.5, 0.6) is 11.5 Å². The Balaban J connectivity index is 1.30. The number of furan rings is 1. The minimum Gasteiger partial charge on any atom is -0.457 e. The Morgan fingerprint density at radius 1 is 0.426 bits per heavy atom. The first-order chi connectivity index (χ1) is 23.3. The van der Waals surface area contributed by atoms with Crippen molar-refractivity contribution in [3.05, 3.63) is 157 Å². The number of ether oxygens (including phenoxy) is 1. The highest BCUT2D eigenvalue weighted by Gasteiger charge is 2.25. The molecule has 0 saturated carbocycles. The van der Waals surface area contributed by atoms with E-state index in [1.807, 2.05) is 6.07 Å².